The van der Waals surface area contributed by atoms with Crippen molar-refractivity contribution < 1.29 is 14.1 Å². The van der Waals surface area contributed by atoms with E-state index in [4.69, 9.17) is 9.26 Å². The van der Waals surface area contributed by atoms with Crippen molar-refractivity contribution in [3.63, 3.8) is 0 Å². The molecule has 7 nitrogen and oxygen atoms in total. The molecule has 2 saturated heterocycles. The van der Waals surface area contributed by atoms with E-state index in [-0.39, 0.29) is 11.3 Å². The van der Waals surface area contributed by atoms with Gasteiger partial charge in [0, 0.05) is 51.3 Å². The van der Waals surface area contributed by atoms with Crippen molar-refractivity contribution in [2.24, 2.45) is 5.41 Å². The number of rotatable bonds is 8. The van der Waals surface area contributed by atoms with E-state index in [1.165, 1.54) is 0 Å². The smallest absolute Gasteiger partial charge is 0.232 e. The van der Waals surface area contributed by atoms with Gasteiger partial charge in [-0.2, -0.15) is 0 Å². The third kappa shape index (κ3) is 6.36. The fourth-order valence-electron chi connectivity index (χ4n) is 4.57. The van der Waals surface area contributed by atoms with Crippen molar-refractivity contribution in [1.82, 2.24) is 15.0 Å². The van der Waals surface area contributed by atoms with Gasteiger partial charge >= 0.3 is 0 Å². The first-order chi connectivity index (χ1) is 15.9. The summed E-state index contributed by atoms with van der Waals surface area (Å²) in [5.41, 5.74) is 2.83. The second kappa shape index (κ2) is 10.7. The molecule has 33 heavy (non-hydrogen) atoms. The molecular formula is C26H38N4O3. The van der Waals surface area contributed by atoms with E-state index in [1.54, 1.807) is 0 Å². The number of carbonyl (C=O) groups excluding carboxylic acids is 1. The minimum atomic E-state index is -0.0665. The average molecular weight is 455 g/mol. The monoisotopic (exact) mass is 454 g/mol. The number of aromatic nitrogens is 1. The van der Waals surface area contributed by atoms with Crippen molar-refractivity contribution in [3.8, 4) is 11.3 Å². The molecule has 2 aliphatic heterocycles. The first-order valence-electron chi connectivity index (χ1n) is 12.3. The summed E-state index contributed by atoms with van der Waals surface area (Å²) in [6.07, 6.45) is 2.83. The van der Waals surface area contributed by atoms with Crippen LogP contribution in [-0.4, -0.2) is 73.3 Å². The first-order valence-corrected chi connectivity index (χ1v) is 12.3. The minimum Gasteiger partial charge on any atom is -0.379 e. The molecular weight excluding hydrogens is 416 g/mol. The van der Waals surface area contributed by atoms with Crippen molar-refractivity contribution in [2.45, 2.75) is 46.6 Å². The standard InChI is InChI=1S/C26H38N4O3/c1-26(2,3)19-23(31)30(14-13-28-15-17-32-18-16-28)20-22-24(21-9-5-4-6-10-21)27-33-25(22)29-11-7-8-12-29/h4-6,9-10H,7-8,11-20H2,1-3H3. The number of hydrogen-bond donors (Lipinski definition) is 0. The Morgan fingerprint density at radius 2 is 1.76 bits per heavy atom. The highest BCUT2D eigenvalue weighted by Crippen LogP contribution is 2.34. The van der Waals surface area contributed by atoms with Gasteiger partial charge in [-0.05, 0) is 18.3 Å². The molecule has 2 fully saturated rings. The zero-order valence-electron chi connectivity index (χ0n) is 20.4. The number of ether oxygens (including phenoxy) is 1. The van der Waals surface area contributed by atoms with Crippen molar-refractivity contribution >= 4 is 11.8 Å². The number of hydrogen-bond acceptors (Lipinski definition) is 6. The molecule has 1 amide bonds. The summed E-state index contributed by atoms with van der Waals surface area (Å²) in [6.45, 7) is 13.7. The molecule has 0 N–H and O–H groups in total. The van der Waals surface area contributed by atoms with Crippen LogP contribution in [0.2, 0.25) is 0 Å². The van der Waals surface area contributed by atoms with E-state index in [0.29, 0.717) is 19.5 Å². The van der Waals surface area contributed by atoms with E-state index in [0.717, 1.165) is 81.5 Å². The number of anilines is 1. The van der Waals surface area contributed by atoms with Crippen LogP contribution in [0, 0.1) is 5.41 Å². The van der Waals surface area contributed by atoms with Crippen LogP contribution in [0.5, 0.6) is 0 Å². The van der Waals surface area contributed by atoms with Crippen LogP contribution < -0.4 is 4.90 Å². The largest absolute Gasteiger partial charge is 0.379 e. The van der Waals surface area contributed by atoms with Gasteiger partial charge in [0.1, 0.15) is 5.69 Å². The van der Waals surface area contributed by atoms with Crippen LogP contribution in [-0.2, 0) is 16.1 Å². The molecule has 180 valence electrons. The highest BCUT2D eigenvalue weighted by molar-refractivity contribution is 5.78. The molecule has 1 aromatic heterocycles. The predicted octanol–water partition coefficient (Wildman–Crippen LogP) is 4.04. The molecule has 4 rings (SSSR count). The summed E-state index contributed by atoms with van der Waals surface area (Å²) in [6, 6.07) is 10.2. The Bertz CT molecular complexity index is 894. The second-order valence-electron chi connectivity index (χ2n) is 10.4. The topological polar surface area (TPSA) is 62.1 Å². The lowest BCUT2D eigenvalue weighted by molar-refractivity contribution is -0.134. The van der Waals surface area contributed by atoms with E-state index in [1.807, 2.05) is 23.1 Å². The zero-order valence-corrected chi connectivity index (χ0v) is 20.4. The first kappa shape index (κ1) is 23.8. The van der Waals surface area contributed by atoms with Crippen LogP contribution in [0.3, 0.4) is 0 Å². The lowest BCUT2D eigenvalue weighted by Crippen LogP contribution is -2.43. The Balaban J connectivity index is 1.61. The minimum absolute atomic E-state index is 0.0665. The number of benzene rings is 1. The third-order valence-electron chi connectivity index (χ3n) is 6.38. The lowest BCUT2D eigenvalue weighted by atomic mass is 9.91. The van der Waals surface area contributed by atoms with Gasteiger partial charge in [0.05, 0.1) is 25.3 Å². The molecule has 0 spiro atoms. The fraction of sp³-hybridized carbons (Fsp3) is 0.615. The Labute approximate surface area is 197 Å². The van der Waals surface area contributed by atoms with Crippen molar-refractivity contribution in [1.29, 1.82) is 0 Å². The molecule has 0 atom stereocenters. The Kier molecular flexibility index (Phi) is 7.71. The zero-order chi connectivity index (χ0) is 23.3. The molecule has 1 aromatic carbocycles. The Morgan fingerprint density at radius 3 is 2.42 bits per heavy atom. The van der Waals surface area contributed by atoms with Gasteiger partial charge < -0.3 is 19.1 Å². The molecule has 0 saturated carbocycles. The van der Waals surface area contributed by atoms with Gasteiger partial charge in [0.2, 0.25) is 11.8 Å². The van der Waals surface area contributed by atoms with E-state index in [9.17, 15) is 4.79 Å². The highest BCUT2D eigenvalue weighted by Gasteiger charge is 2.29. The summed E-state index contributed by atoms with van der Waals surface area (Å²) in [7, 11) is 0. The maximum absolute atomic E-state index is 13.5. The second-order valence-corrected chi connectivity index (χ2v) is 10.4. The van der Waals surface area contributed by atoms with Crippen LogP contribution in [0.4, 0.5) is 5.88 Å². The lowest BCUT2D eigenvalue weighted by Gasteiger charge is -2.31. The molecule has 0 unspecified atom stereocenters. The van der Waals surface area contributed by atoms with Crippen LogP contribution in [0.1, 0.15) is 45.6 Å². The molecule has 0 bridgehead atoms. The number of amides is 1. The van der Waals surface area contributed by atoms with Gasteiger partial charge in [-0.15, -0.1) is 0 Å². The highest BCUT2D eigenvalue weighted by atomic mass is 16.5. The van der Waals surface area contributed by atoms with Crippen LogP contribution >= 0.6 is 0 Å². The normalized spacial score (nSPS) is 17.5. The number of morpholine rings is 1. The maximum atomic E-state index is 13.5. The number of carbonyl (C=O) groups is 1. The molecule has 3 heterocycles. The van der Waals surface area contributed by atoms with E-state index >= 15 is 0 Å². The van der Waals surface area contributed by atoms with Crippen LogP contribution in [0.15, 0.2) is 34.9 Å². The van der Waals surface area contributed by atoms with Crippen LogP contribution in [0.25, 0.3) is 11.3 Å². The summed E-state index contributed by atoms with van der Waals surface area (Å²) in [5, 5.41) is 4.49. The van der Waals surface area contributed by atoms with Gasteiger partial charge in [0.15, 0.2) is 0 Å². The van der Waals surface area contributed by atoms with Gasteiger partial charge in [0.25, 0.3) is 0 Å². The number of nitrogens with zero attached hydrogens (tertiary/aromatic N) is 4. The summed E-state index contributed by atoms with van der Waals surface area (Å²) < 4.78 is 11.4. The van der Waals surface area contributed by atoms with Gasteiger partial charge in [-0.1, -0.05) is 56.3 Å². The molecule has 2 aromatic rings. The quantitative estimate of drug-likeness (QED) is 0.600. The molecule has 7 heteroatoms. The average Bonchev–Trinajstić information content (AvgIpc) is 3.46. The summed E-state index contributed by atoms with van der Waals surface area (Å²) in [5.74, 6) is 1.01. The van der Waals surface area contributed by atoms with Gasteiger partial charge in [-0.3, -0.25) is 9.69 Å². The molecule has 2 aliphatic rings. The Morgan fingerprint density at radius 1 is 1.06 bits per heavy atom. The van der Waals surface area contributed by atoms with Gasteiger partial charge in [-0.25, -0.2) is 0 Å². The Hall–Kier alpha value is -2.38. The molecule has 0 radical (unpaired) electrons. The molecule has 0 aliphatic carbocycles. The SMILES string of the molecule is CC(C)(C)CC(=O)N(CCN1CCOCC1)Cc1c(-c2ccccc2)noc1N1CCCC1. The van der Waals surface area contributed by atoms with Crippen molar-refractivity contribution in [3.05, 3.63) is 35.9 Å². The fourth-order valence-corrected chi connectivity index (χ4v) is 4.57. The van der Waals surface area contributed by atoms with E-state index < -0.39 is 0 Å². The van der Waals surface area contributed by atoms with Crippen molar-refractivity contribution in [2.75, 3.05) is 57.4 Å². The summed E-state index contributed by atoms with van der Waals surface area (Å²) >= 11 is 0. The van der Waals surface area contributed by atoms with E-state index in [2.05, 4.69) is 47.9 Å². The maximum Gasteiger partial charge on any atom is 0.232 e. The summed E-state index contributed by atoms with van der Waals surface area (Å²) in [4.78, 5) is 20.1. The predicted molar refractivity (Wildman–Crippen MR) is 130 cm³/mol. The third-order valence-corrected chi connectivity index (χ3v) is 6.38.